The van der Waals surface area contributed by atoms with Gasteiger partial charge in [-0.1, -0.05) is 0 Å². The Morgan fingerprint density at radius 1 is 0.600 bits per heavy atom. The summed E-state index contributed by atoms with van der Waals surface area (Å²) in [5, 5.41) is 0. The van der Waals surface area contributed by atoms with Gasteiger partial charge in [0.05, 0.1) is 0 Å². The SMILES string of the molecule is [Ca+2].[Na+].[Na+].[OH-].[OH-]. The van der Waals surface area contributed by atoms with Crippen LogP contribution in [-0.2, 0) is 0 Å². The van der Waals surface area contributed by atoms with Gasteiger partial charge in [-0.15, -0.1) is 0 Å². The third-order valence-corrected chi connectivity index (χ3v) is 0. The fourth-order valence-corrected chi connectivity index (χ4v) is 0. The molecule has 0 spiro atoms. The molecule has 0 fully saturated rings. The molecule has 0 atom stereocenters. The number of rotatable bonds is 0. The summed E-state index contributed by atoms with van der Waals surface area (Å²) in [7, 11) is 0. The summed E-state index contributed by atoms with van der Waals surface area (Å²) < 4.78 is 0. The Balaban J connectivity index is 0. The van der Waals surface area contributed by atoms with Crippen LogP contribution in [0.4, 0.5) is 0 Å². The van der Waals surface area contributed by atoms with Crippen LogP contribution in [-0.4, -0.2) is 48.7 Å². The Bertz CT molecular complexity index is 7.61. The molecule has 5 heteroatoms. The van der Waals surface area contributed by atoms with E-state index in [1.807, 2.05) is 0 Å². The van der Waals surface area contributed by atoms with Crippen molar-refractivity contribution in [2.75, 3.05) is 0 Å². The van der Waals surface area contributed by atoms with Gasteiger partial charge < -0.3 is 11.0 Å². The van der Waals surface area contributed by atoms with Crippen molar-refractivity contribution in [2.24, 2.45) is 0 Å². The van der Waals surface area contributed by atoms with Crippen molar-refractivity contribution < 1.29 is 70.1 Å². The van der Waals surface area contributed by atoms with Gasteiger partial charge in [0.25, 0.3) is 0 Å². The molecule has 0 unspecified atom stereocenters. The van der Waals surface area contributed by atoms with Crippen LogP contribution >= 0.6 is 0 Å². The molecule has 0 radical (unpaired) electrons. The molecule has 2 nitrogen and oxygen atoms in total. The fraction of sp³-hybridized carbons (Fsp3) is 0. The van der Waals surface area contributed by atoms with Crippen LogP contribution in [0.2, 0.25) is 0 Å². The van der Waals surface area contributed by atoms with Crippen molar-refractivity contribution in [3.8, 4) is 0 Å². The maximum Gasteiger partial charge on any atom is 2.00 e. The second-order valence-corrected chi connectivity index (χ2v) is 0. The maximum atomic E-state index is 0. The molecule has 0 aliphatic heterocycles. The summed E-state index contributed by atoms with van der Waals surface area (Å²) in [4.78, 5) is 0. The minimum atomic E-state index is 0. The van der Waals surface area contributed by atoms with Gasteiger partial charge in [-0.2, -0.15) is 0 Å². The van der Waals surface area contributed by atoms with Crippen molar-refractivity contribution in [3.05, 3.63) is 0 Å². The summed E-state index contributed by atoms with van der Waals surface area (Å²) in [5.74, 6) is 0. The van der Waals surface area contributed by atoms with Crippen molar-refractivity contribution in [1.82, 2.24) is 0 Å². The zero-order valence-corrected chi connectivity index (χ0v) is 9.81. The van der Waals surface area contributed by atoms with E-state index in [2.05, 4.69) is 0 Å². The molecule has 0 aliphatic carbocycles. The molecule has 0 aromatic heterocycles. The quantitative estimate of drug-likeness (QED) is 0.298. The predicted molar refractivity (Wildman–Crippen MR) is 9.63 cm³/mol. The predicted octanol–water partition coefficient (Wildman–Crippen LogP) is -6.73. The first-order valence-electron chi connectivity index (χ1n) is 0. The Hall–Kier alpha value is 3.18. The number of hydrogen-bond donors (Lipinski definition) is 0. The molecule has 0 aliphatic rings. The van der Waals surface area contributed by atoms with Crippen LogP contribution in [0, 0.1) is 0 Å². The molecule has 0 heterocycles. The molecule has 0 aromatic rings. The average molecular weight is 120 g/mol. The molecule has 0 saturated heterocycles. The smallest absolute Gasteiger partial charge is 0.870 e. The first-order valence-corrected chi connectivity index (χ1v) is 0. The van der Waals surface area contributed by atoms with E-state index < -0.39 is 0 Å². The van der Waals surface area contributed by atoms with E-state index in [0.29, 0.717) is 0 Å². The van der Waals surface area contributed by atoms with E-state index in [1.54, 1.807) is 0 Å². The molecule has 16 valence electrons. The Kier molecular flexibility index (Phi) is 226. The zero-order chi connectivity index (χ0) is 0. The van der Waals surface area contributed by atoms with Crippen LogP contribution in [0.3, 0.4) is 0 Å². The van der Waals surface area contributed by atoms with Crippen LogP contribution in [0.5, 0.6) is 0 Å². The van der Waals surface area contributed by atoms with Gasteiger partial charge in [-0.25, -0.2) is 0 Å². The van der Waals surface area contributed by atoms with E-state index in [1.165, 1.54) is 0 Å². The third-order valence-electron chi connectivity index (χ3n) is 0. The summed E-state index contributed by atoms with van der Waals surface area (Å²) >= 11 is 0. The van der Waals surface area contributed by atoms with Gasteiger partial charge in [0, 0.05) is 0 Å². The molecular formula is H2CaNa2O2+2. The third kappa shape index (κ3) is 19.1. The van der Waals surface area contributed by atoms with E-state index in [0.717, 1.165) is 0 Å². The monoisotopic (exact) mass is 120 g/mol. The van der Waals surface area contributed by atoms with Gasteiger partial charge in [-0.3, -0.25) is 0 Å². The first kappa shape index (κ1) is 41.7. The van der Waals surface area contributed by atoms with E-state index in [-0.39, 0.29) is 108 Å². The minimum absolute atomic E-state index is 0. The summed E-state index contributed by atoms with van der Waals surface area (Å²) in [6.45, 7) is 0. The second-order valence-electron chi connectivity index (χ2n) is 0. The van der Waals surface area contributed by atoms with E-state index in [9.17, 15) is 0 Å². The van der Waals surface area contributed by atoms with Crippen molar-refractivity contribution in [1.29, 1.82) is 0 Å². The van der Waals surface area contributed by atoms with Gasteiger partial charge >= 0.3 is 96.9 Å². The molecule has 2 N–H and O–H groups in total. The average Bonchev–Trinajstić information content (AvgIpc) is 0. The molecule has 0 amide bonds. The topological polar surface area (TPSA) is 60.0 Å². The zero-order valence-electron chi connectivity index (χ0n) is 3.60. The van der Waals surface area contributed by atoms with Crippen LogP contribution in [0.1, 0.15) is 0 Å². The molecule has 0 aromatic carbocycles. The van der Waals surface area contributed by atoms with Crippen molar-refractivity contribution in [2.45, 2.75) is 0 Å². The fourth-order valence-electron chi connectivity index (χ4n) is 0. The summed E-state index contributed by atoms with van der Waals surface area (Å²) in [5.41, 5.74) is 0. The summed E-state index contributed by atoms with van der Waals surface area (Å²) in [6, 6.07) is 0. The molecule has 0 rings (SSSR count). The number of hydrogen-bond acceptors (Lipinski definition) is 2. The Morgan fingerprint density at radius 2 is 0.600 bits per heavy atom. The Morgan fingerprint density at radius 3 is 0.600 bits per heavy atom. The van der Waals surface area contributed by atoms with Crippen LogP contribution < -0.4 is 59.1 Å². The van der Waals surface area contributed by atoms with Crippen LogP contribution in [0.25, 0.3) is 0 Å². The normalized spacial score (nSPS) is 0. The van der Waals surface area contributed by atoms with Gasteiger partial charge in [-0.05, 0) is 0 Å². The largest absolute Gasteiger partial charge is 2.00 e. The first-order chi connectivity index (χ1) is 0. The van der Waals surface area contributed by atoms with Gasteiger partial charge in [0.2, 0.25) is 0 Å². The van der Waals surface area contributed by atoms with Crippen molar-refractivity contribution >= 4 is 37.7 Å². The molecule has 0 saturated carbocycles. The van der Waals surface area contributed by atoms with Crippen LogP contribution in [0.15, 0.2) is 0 Å². The minimum Gasteiger partial charge on any atom is -0.870 e. The molecule has 5 heavy (non-hydrogen) atoms. The van der Waals surface area contributed by atoms with Gasteiger partial charge in [0.1, 0.15) is 0 Å². The van der Waals surface area contributed by atoms with E-state index >= 15 is 0 Å². The van der Waals surface area contributed by atoms with E-state index in [4.69, 9.17) is 0 Å². The molecular weight excluding hydrogens is 118 g/mol. The standard InChI is InChI=1S/Ca.2Na.2H2O/h;;;2*1H2/q+2;2*+1;;/p-2. The van der Waals surface area contributed by atoms with Gasteiger partial charge in [0.15, 0.2) is 0 Å². The second kappa shape index (κ2) is 27.1. The Labute approximate surface area is 105 Å². The maximum absolute atomic E-state index is 0. The molecule has 0 bridgehead atoms. The van der Waals surface area contributed by atoms with Crippen molar-refractivity contribution in [3.63, 3.8) is 0 Å². The summed E-state index contributed by atoms with van der Waals surface area (Å²) in [6.07, 6.45) is 0.